The van der Waals surface area contributed by atoms with Crippen LogP contribution in [0.15, 0.2) is 0 Å². The molecule has 0 aromatic heterocycles. The van der Waals surface area contributed by atoms with Gasteiger partial charge in [0.05, 0.1) is 12.5 Å². The number of piperidine rings is 1. The molecule has 6 nitrogen and oxygen atoms in total. The second-order valence-electron chi connectivity index (χ2n) is 4.70. The zero-order valence-corrected chi connectivity index (χ0v) is 10.2. The predicted molar refractivity (Wildman–Crippen MR) is 63.5 cm³/mol. The van der Waals surface area contributed by atoms with Crippen LogP contribution in [0.25, 0.3) is 0 Å². The lowest BCUT2D eigenvalue weighted by atomic mass is 9.97. The number of nitrogens with one attached hydrogen (secondary N) is 1. The SMILES string of the molecule is CN1CCC(CNC(=O)C(N)CC(=O)O)CC1. The van der Waals surface area contributed by atoms with Crippen molar-refractivity contribution in [3.63, 3.8) is 0 Å². The van der Waals surface area contributed by atoms with E-state index < -0.39 is 12.0 Å². The van der Waals surface area contributed by atoms with E-state index in [9.17, 15) is 9.59 Å². The number of nitrogens with two attached hydrogens (primary N) is 1. The number of carbonyl (C=O) groups excluding carboxylic acids is 1. The predicted octanol–water partition coefficient (Wildman–Crippen LogP) is -0.754. The average molecular weight is 243 g/mol. The van der Waals surface area contributed by atoms with Gasteiger partial charge in [-0.2, -0.15) is 0 Å². The number of rotatable bonds is 5. The topological polar surface area (TPSA) is 95.7 Å². The molecule has 0 aliphatic carbocycles. The lowest BCUT2D eigenvalue weighted by molar-refractivity contribution is -0.139. The number of aliphatic carboxylic acids is 1. The molecule has 4 N–H and O–H groups in total. The summed E-state index contributed by atoms with van der Waals surface area (Å²) >= 11 is 0. The molecule has 1 aliphatic rings. The van der Waals surface area contributed by atoms with E-state index in [4.69, 9.17) is 10.8 Å². The molecular weight excluding hydrogens is 222 g/mol. The van der Waals surface area contributed by atoms with Crippen molar-refractivity contribution in [3.05, 3.63) is 0 Å². The van der Waals surface area contributed by atoms with Gasteiger partial charge in [-0.1, -0.05) is 0 Å². The van der Waals surface area contributed by atoms with Gasteiger partial charge in [0, 0.05) is 6.54 Å². The summed E-state index contributed by atoms with van der Waals surface area (Å²) in [5.74, 6) is -0.939. The molecule has 1 fully saturated rings. The molecule has 1 unspecified atom stereocenters. The summed E-state index contributed by atoms with van der Waals surface area (Å²) in [6, 6.07) is -0.946. The van der Waals surface area contributed by atoms with E-state index in [2.05, 4.69) is 17.3 Å². The minimum absolute atomic E-state index is 0.320. The van der Waals surface area contributed by atoms with Crippen LogP contribution in [0, 0.1) is 5.92 Å². The molecule has 6 heteroatoms. The lowest BCUT2D eigenvalue weighted by Crippen LogP contribution is -2.44. The molecule has 1 saturated heterocycles. The Balaban J connectivity index is 2.21. The Hall–Kier alpha value is -1.14. The first-order chi connectivity index (χ1) is 7.99. The summed E-state index contributed by atoms with van der Waals surface area (Å²) < 4.78 is 0. The minimum atomic E-state index is -1.05. The van der Waals surface area contributed by atoms with Gasteiger partial charge in [0.25, 0.3) is 0 Å². The second kappa shape index (κ2) is 6.56. The number of hydrogen-bond donors (Lipinski definition) is 3. The summed E-state index contributed by atoms with van der Waals surface area (Å²) in [6.45, 7) is 2.68. The van der Waals surface area contributed by atoms with Crippen molar-refractivity contribution < 1.29 is 14.7 Å². The Morgan fingerprint density at radius 2 is 2.06 bits per heavy atom. The Morgan fingerprint density at radius 3 is 2.59 bits per heavy atom. The Bertz CT molecular complexity index is 275. The summed E-state index contributed by atoms with van der Waals surface area (Å²) in [5.41, 5.74) is 5.45. The van der Waals surface area contributed by atoms with Crippen molar-refractivity contribution >= 4 is 11.9 Å². The van der Waals surface area contributed by atoms with Crippen LogP contribution in [-0.2, 0) is 9.59 Å². The van der Waals surface area contributed by atoms with Gasteiger partial charge in [-0.25, -0.2) is 0 Å². The molecule has 1 heterocycles. The molecule has 0 aromatic rings. The largest absolute Gasteiger partial charge is 0.481 e. The van der Waals surface area contributed by atoms with Gasteiger partial charge in [-0.05, 0) is 38.9 Å². The van der Waals surface area contributed by atoms with Gasteiger partial charge in [-0.15, -0.1) is 0 Å². The van der Waals surface area contributed by atoms with Crippen molar-refractivity contribution in [1.29, 1.82) is 0 Å². The fourth-order valence-electron chi connectivity index (χ4n) is 1.92. The van der Waals surface area contributed by atoms with Crippen molar-refractivity contribution in [1.82, 2.24) is 10.2 Å². The van der Waals surface area contributed by atoms with Crippen LogP contribution in [0.4, 0.5) is 0 Å². The number of carbonyl (C=O) groups is 2. The highest BCUT2D eigenvalue weighted by Crippen LogP contribution is 2.14. The first-order valence-electron chi connectivity index (χ1n) is 5.92. The van der Waals surface area contributed by atoms with E-state index in [1.165, 1.54) is 0 Å². The molecule has 0 radical (unpaired) electrons. The first-order valence-corrected chi connectivity index (χ1v) is 5.92. The van der Waals surface area contributed by atoms with E-state index >= 15 is 0 Å². The smallest absolute Gasteiger partial charge is 0.305 e. The van der Waals surface area contributed by atoms with Gasteiger partial charge in [-0.3, -0.25) is 9.59 Å². The fraction of sp³-hybridized carbons (Fsp3) is 0.818. The van der Waals surface area contributed by atoms with Gasteiger partial charge < -0.3 is 21.1 Å². The zero-order chi connectivity index (χ0) is 12.8. The van der Waals surface area contributed by atoms with Crippen LogP contribution in [0.2, 0.25) is 0 Å². The van der Waals surface area contributed by atoms with E-state index in [-0.39, 0.29) is 12.3 Å². The molecule has 0 spiro atoms. The molecule has 98 valence electrons. The summed E-state index contributed by atoms with van der Waals surface area (Å²) in [6.07, 6.45) is 1.80. The summed E-state index contributed by atoms with van der Waals surface area (Å²) in [4.78, 5) is 24.1. The molecular formula is C11H21N3O3. The van der Waals surface area contributed by atoms with Gasteiger partial charge >= 0.3 is 5.97 Å². The van der Waals surface area contributed by atoms with Crippen molar-refractivity contribution in [2.45, 2.75) is 25.3 Å². The maximum Gasteiger partial charge on any atom is 0.305 e. The molecule has 0 saturated carbocycles. The quantitative estimate of drug-likeness (QED) is 0.590. The third-order valence-electron chi connectivity index (χ3n) is 3.13. The number of amides is 1. The van der Waals surface area contributed by atoms with Crippen LogP contribution < -0.4 is 11.1 Å². The molecule has 1 rings (SSSR count). The van der Waals surface area contributed by atoms with Crippen LogP contribution >= 0.6 is 0 Å². The highest BCUT2D eigenvalue weighted by Gasteiger charge is 2.20. The summed E-state index contributed by atoms with van der Waals surface area (Å²) in [7, 11) is 2.08. The number of carboxylic acid groups (broad SMARTS) is 1. The van der Waals surface area contributed by atoms with E-state index in [1.54, 1.807) is 0 Å². The van der Waals surface area contributed by atoms with Crippen molar-refractivity contribution in [3.8, 4) is 0 Å². The highest BCUT2D eigenvalue weighted by molar-refractivity contribution is 5.85. The van der Waals surface area contributed by atoms with Gasteiger partial charge in [0.15, 0.2) is 0 Å². The minimum Gasteiger partial charge on any atom is -0.481 e. The Kier molecular flexibility index (Phi) is 5.37. The molecule has 0 bridgehead atoms. The standard InChI is InChI=1S/C11H21N3O3/c1-14-4-2-8(3-5-14)7-13-11(17)9(12)6-10(15)16/h8-9H,2-7,12H2,1H3,(H,13,17)(H,15,16). The maximum absolute atomic E-state index is 11.5. The van der Waals surface area contributed by atoms with E-state index in [1.807, 2.05) is 0 Å². The van der Waals surface area contributed by atoms with Crippen molar-refractivity contribution in [2.24, 2.45) is 11.7 Å². The van der Waals surface area contributed by atoms with Crippen LogP contribution in [-0.4, -0.2) is 54.6 Å². The van der Waals surface area contributed by atoms with Crippen LogP contribution in [0.3, 0.4) is 0 Å². The number of hydrogen-bond acceptors (Lipinski definition) is 4. The van der Waals surface area contributed by atoms with E-state index in [0.717, 1.165) is 25.9 Å². The fourth-order valence-corrected chi connectivity index (χ4v) is 1.92. The number of carboxylic acids is 1. The Morgan fingerprint density at radius 1 is 1.47 bits per heavy atom. The number of nitrogens with zero attached hydrogens (tertiary/aromatic N) is 1. The van der Waals surface area contributed by atoms with Crippen LogP contribution in [0.1, 0.15) is 19.3 Å². The monoisotopic (exact) mass is 243 g/mol. The first kappa shape index (κ1) is 13.9. The average Bonchev–Trinajstić information content (AvgIpc) is 2.27. The lowest BCUT2D eigenvalue weighted by Gasteiger charge is -2.29. The van der Waals surface area contributed by atoms with Gasteiger partial charge in [0.2, 0.25) is 5.91 Å². The summed E-state index contributed by atoms with van der Waals surface area (Å²) in [5, 5.41) is 11.2. The van der Waals surface area contributed by atoms with Gasteiger partial charge in [0.1, 0.15) is 0 Å². The molecule has 17 heavy (non-hydrogen) atoms. The highest BCUT2D eigenvalue weighted by atomic mass is 16.4. The molecule has 1 aliphatic heterocycles. The number of likely N-dealkylation sites (tertiary alicyclic amines) is 1. The molecule has 1 amide bonds. The maximum atomic E-state index is 11.5. The second-order valence-corrected chi connectivity index (χ2v) is 4.70. The van der Waals surface area contributed by atoms with Crippen LogP contribution in [0.5, 0.6) is 0 Å². The third-order valence-corrected chi connectivity index (χ3v) is 3.13. The molecule has 0 aromatic carbocycles. The Labute approximate surface area is 101 Å². The molecule has 1 atom stereocenters. The zero-order valence-electron chi connectivity index (χ0n) is 10.2. The van der Waals surface area contributed by atoms with Crippen molar-refractivity contribution in [2.75, 3.05) is 26.7 Å². The van der Waals surface area contributed by atoms with E-state index in [0.29, 0.717) is 12.5 Å². The normalized spacial score (nSPS) is 19.9. The third kappa shape index (κ3) is 5.14.